The van der Waals surface area contributed by atoms with Crippen LogP contribution in [0.5, 0.6) is 0 Å². The van der Waals surface area contributed by atoms with E-state index in [1.165, 1.54) is 0 Å². The van der Waals surface area contributed by atoms with Gasteiger partial charge in [-0.25, -0.2) is 0 Å². The normalized spacial score (nSPS) is 15.0. The van der Waals surface area contributed by atoms with Crippen LogP contribution in [-0.2, 0) is 4.74 Å². The second kappa shape index (κ2) is 7.21. The van der Waals surface area contributed by atoms with Crippen LogP contribution in [0, 0.1) is 11.3 Å². The Kier molecular flexibility index (Phi) is 7.09. The van der Waals surface area contributed by atoms with Crippen LogP contribution in [-0.4, -0.2) is 32.5 Å². The molecule has 0 aliphatic heterocycles. The summed E-state index contributed by atoms with van der Waals surface area (Å²) in [6.07, 6.45) is -3.22. The lowest BCUT2D eigenvalue weighted by molar-refractivity contribution is -0.178. The van der Waals surface area contributed by atoms with Gasteiger partial charge in [0.15, 0.2) is 0 Å². The molecule has 1 N–H and O–H groups in total. The van der Waals surface area contributed by atoms with E-state index in [0.717, 1.165) is 13.0 Å². The highest BCUT2D eigenvalue weighted by molar-refractivity contribution is 4.76. The molecule has 0 saturated carbocycles. The van der Waals surface area contributed by atoms with E-state index in [9.17, 15) is 13.2 Å². The van der Waals surface area contributed by atoms with Crippen molar-refractivity contribution < 1.29 is 17.9 Å². The summed E-state index contributed by atoms with van der Waals surface area (Å²) in [6, 6.07) is 0. The first kappa shape index (κ1) is 16.7. The molecule has 0 rings (SSSR count). The lowest BCUT2D eigenvalue weighted by Gasteiger charge is -2.31. The van der Waals surface area contributed by atoms with E-state index in [1.807, 2.05) is 20.8 Å². The van der Waals surface area contributed by atoms with Crippen LogP contribution < -0.4 is 5.32 Å². The average Bonchev–Trinajstić information content (AvgIpc) is 2.12. The fourth-order valence-corrected chi connectivity index (χ4v) is 1.39. The summed E-state index contributed by atoms with van der Waals surface area (Å²) in [6.45, 7) is 8.65. The molecule has 0 aliphatic carbocycles. The second-order valence-electron chi connectivity index (χ2n) is 5.40. The summed E-state index contributed by atoms with van der Waals surface area (Å²) in [4.78, 5) is 0. The molecule has 104 valence electrons. The SMILES string of the molecule is CCCNCC(COCC(F)(F)F)C(C)(C)C. The maximum absolute atomic E-state index is 12.0. The van der Waals surface area contributed by atoms with E-state index >= 15 is 0 Å². The zero-order valence-electron chi connectivity index (χ0n) is 11.2. The Hall–Kier alpha value is -0.290. The molecule has 0 fully saturated rings. The van der Waals surface area contributed by atoms with Gasteiger partial charge in [0.05, 0.1) is 6.61 Å². The summed E-state index contributed by atoms with van der Waals surface area (Å²) in [5.74, 6) is 0.0800. The highest BCUT2D eigenvalue weighted by Gasteiger charge is 2.30. The third-order valence-corrected chi connectivity index (χ3v) is 2.63. The van der Waals surface area contributed by atoms with Crippen molar-refractivity contribution in [2.24, 2.45) is 11.3 Å². The molecule has 17 heavy (non-hydrogen) atoms. The molecule has 0 aliphatic rings. The first-order valence-electron chi connectivity index (χ1n) is 6.02. The fourth-order valence-electron chi connectivity index (χ4n) is 1.39. The smallest absolute Gasteiger partial charge is 0.372 e. The van der Waals surface area contributed by atoms with Gasteiger partial charge in [-0.2, -0.15) is 13.2 Å². The number of nitrogens with one attached hydrogen (secondary N) is 1. The molecule has 0 aromatic heterocycles. The van der Waals surface area contributed by atoms with Gasteiger partial charge in [-0.05, 0) is 24.3 Å². The molecule has 5 heteroatoms. The fraction of sp³-hybridized carbons (Fsp3) is 1.00. The summed E-state index contributed by atoms with van der Waals surface area (Å²) >= 11 is 0. The molecular weight excluding hydrogens is 231 g/mol. The summed E-state index contributed by atoms with van der Waals surface area (Å²) < 4.78 is 40.7. The van der Waals surface area contributed by atoms with Crippen LogP contribution in [0.15, 0.2) is 0 Å². The lowest BCUT2D eigenvalue weighted by atomic mass is 9.81. The average molecular weight is 255 g/mol. The standard InChI is InChI=1S/C12H24F3NO/c1-5-6-16-7-10(11(2,3)4)8-17-9-12(13,14)15/h10,16H,5-9H2,1-4H3. The number of alkyl halides is 3. The van der Waals surface area contributed by atoms with Crippen LogP contribution in [0.2, 0.25) is 0 Å². The maximum atomic E-state index is 12.0. The third-order valence-electron chi connectivity index (χ3n) is 2.63. The van der Waals surface area contributed by atoms with Crippen molar-refractivity contribution in [2.75, 3.05) is 26.3 Å². The van der Waals surface area contributed by atoms with Crippen molar-refractivity contribution in [3.8, 4) is 0 Å². The highest BCUT2D eigenvalue weighted by Crippen LogP contribution is 2.26. The van der Waals surface area contributed by atoms with Gasteiger partial charge in [-0.15, -0.1) is 0 Å². The summed E-state index contributed by atoms with van der Waals surface area (Å²) in [7, 11) is 0. The molecule has 0 amide bonds. The minimum atomic E-state index is -4.24. The number of halogens is 3. The third kappa shape index (κ3) is 9.41. The van der Waals surface area contributed by atoms with Gasteiger partial charge >= 0.3 is 6.18 Å². The molecule has 0 heterocycles. The largest absolute Gasteiger partial charge is 0.411 e. The maximum Gasteiger partial charge on any atom is 0.411 e. The lowest BCUT2D eigenvalue weighted by Crippen LogP contribution is -2.36. The van der Waals surface area contributed by atoms with Crippen LogP contribution in [0.3, 0.4) is 0 Å². The van der Waals surface area contributed by atoms with Gasteiger partial charge in [-0.3, -0.25) is 0 Å². The van der Waals surface area contributed by atoms with Gasteiger partial charge in [0.25, 0.3) is 0 Å². The Bertz CT molecular complexity index is 199. The first-order valence-corrected chi connectivity index (χ1v) is 6.02. The number of hydrogen-bond donors (Lipinski definition) is 1. The van der Waals surface area contributed by atoms with Gasteiger partial charge < -0.3 is 10.1 Å². The Balaban J connectivity index is 4.03. The van der Waals surface area contributed by atoms with Gasteiger partial charge in [0.1, 0.15) is 6.61 Å². The Morgan fingerprint density at radius 3 is 2.18 bits per heavy atom. The molecule has 0 saturated heterocycles. The topological polar surface area (TPSA) is 21.3 Å². The van der Waals surface area contributed by atoms with Crippen LogP contribution in [0.25, 0.3) is 0 Å². The minimum Gasteiger partial charge on any atom is -0.372 e. The first-order chi connectivity index (χ1) is 7.67. The zero-order valence-corrected chi connectivity index (χ0v) is 11.2. The summed E-state index contributed by atoms with van der Waals surface area (Å²) in [5.41, 5.74) is -0.0632. The Morgan fingerprint density at radius 2 is 1.76 bits per heavy atom. The predicted octanol–water partition coefficient (Wildman–Crippen LogP) is 3.23. The monoisotopic (exact) mass is 255 g/mol. The van der Waals surface area contributed by atoms with Crippen LogP contribution in [0.4, 0.5) is 13.2 Å². The van der Waals surface area contributed by atoms with Crippen molar-refractivity contribution in [3.63, 3.8) is 0 Å². The van der Waals surface area contributed by atoms with E-state index in [1.54, 1.807) is 0 Å². The Morgan fingerprint density at radius 1 is 1.18 bits per heavy atom. The van der Waals surface area contributed by atoms with E-state index in [0.29, 0.717) is 6.54 Å². The molecule has 1 atom stereocenters. The molecule has 1 unspecified atom stereocenters. The number of hydrogen-bond acceptors (Lipinski definition) is 2. The van der Waals surface area contributed by atoms with Gasteiger partial charge in [-0.1, -0.05) is 27.7 Å². The van der Waals surface area contributed by atoms with Crippen molar-refractivity contribution in [1.82, 2.24) is 5.32 Å². The van der Waals surface area contributed by atoms with Crippen LogP contribution >= 0.6 is 0 Å². The molecule has 0 radical (unpaired) electrons. The van der Waals surface area contributed by atoms with E-state index in [-0.39, 0.29) is 17.9 Å². The Labute approximate surface area is 102 Å². The van der Waals surface area contributed by atoms with Gasteiger partial charge in [0, 0.05) is 6.54 Å². The number of rotatable bonds is 7. The van der Waals surface area contributed by atoms with Crippen molar-refractivity contribution in [1.29, 1.82) is 0 Å². The van der Waals surface area contributed by atoms with E-state index in [4.69, 9.17) is 4.74 Å². The zero-order chi connectivity index (χ0) is 13.5. The molecule has 0 bridgehead atoms. The van der Waals surface area contributed by atoms with Crippen LogP contribution in [0.1, 0.15) is 34.1 Å². The molecule has 0 aromatic carbocycles. The van der Waals surface area contributed by atoms with E-state index < -0.39 is 12.8 Å². The van der Waals surface area contributed by atoms with Gasteiger partial charge in [0.2, 0.25) is 0 Å². The van der Waals surface area contributed by atoms with E-state index in [2.05, 4.69) is 12.2 Å². The van der Waals surface area contributed by atoms with Crippen molar-refractivity contribution in [3.05, 3.63) is 0 Å². The summed E-state index contributed by atoms with van der Waals surface area (Å²) in [5, 5.41) is 3.23. The molecule has 0 aromatic rings. The second-order valence-corrected chi connectivity index (χ2v) is 5.40. The van der Waals surface area contributed by atoms with Crippen molar-refractivity contribution in [2.45, 2.75) is 40.3 Å². The number of ether oxygens (including phenoxy) is 1. The van der Waals surface area contributed by atoms with Crippen molar-refractivity contribution >= 4 is 0 Å². The molecule has 2 nitrogen and oxygen atoms in total. The minimum absolute atomic E-state index is 0.0632. The quantitative estimate of drug-likeness (QED) is 0.705. The molecule has 0 spiro atoms. The molecular formula is C12H24F3NO. The predicted molar refractivity (Wildman–Crippen MR) is 63.0 cm³/mol. The highest BCUT2D eigenvalue weighted by atomic mass is 19.4.